The van der Waals surface area contributed by atoms with E-state index in [0.717, 1.165) is 29.4 Å². The monoisotopic (exact) mass is 417 g/mol. The zero-order valence-corrected chi connectivity index (χ0v) is 16.2. The van der Waals surface area contributed by atoms with Gasteiger partial charge in [0.15, 0.2) is 0 Å². The summed E-state index contributed by atoms with van der Waals surface area (Å²) in [5.74, 6) is -0.949. The maximum absolute atomic E-state index is 12.6. The molecule has 2 rings (SSSR count). The van der Waals surface area contributed by atoms with E-state index >= 15 is 0 Å². The molecule has 1 fully saturated rings. The highest BCUT2D eigenvalue weighted by Gasteiger charge is 2.38. The summed E-state index contributed by atoms with van der Waals surface area (Å²) in [6.07, 6.45) is 3.47. The van der Waals surface area contributed by atoms with Gasteiger partial charge in [-0.2, -0.15) is 0 Å². The van der Waals surface area contributed by atoms with Crippen LogP contribution in [-0.4, -0.2) is 30.9 Å². The molecule has 7 heteroatoms. The number of benzene rings is 1. The zero-order chi connectivity index (χ0) is 16.8. The van der Waals surface area contributed by atoms with E-state index < -0.39 is 5.92 Å². The van der Waals surface area contributed by atoms with Crippen LogP contribution in [0.25, 0.3) is 0 Å². The van der Waals surface area contributed by atoms with Gasteiger partial charge in [0.2, 0.25) is 11.8 Å². The minimum absolute atomic E-state index is 0. The van der Waals surface area contributed by atoms with Gasteiger partial charge in [-0.25, -0.2) is 0 Å². The fraction of sp³-hybridized carbons (Fsp3) is 0.529. The molecule has 0 bridgehead atoms. The number of nitrogens with one attached hydrogen (secondary N) is 1. The van der Waals surface area contributed by atoms with E-state index in [1.54, 1.807) is 4.90 Å². The highest BCUT2D eigenvalue weighted by Crippen LogP contribution is 2.31. The molecule has 3 N–H and O–H groups in total. The van der Waals surface area contributed by atoms with Crippen LogP contribution in [0.4, 0.5) is 5.69 Å². The molecule has 0 spiro atoms. The van der Waals surface area contributed by atoms with Crippen molar-refractivity contribution in [3.8, 4) is 0 Å². The molecule has 0 aromatic heterocycles. The molecule has 1 aromatic carbocycles. The fourth-order valence-electron chi connectivity index (χ4n) is 2.83. The topological polar surface area (TPSA) is 75.4 Å². The first-order valence-electron chi connectivity index (χ1n) is 8.14. The number of amides is 2. The van der Waals surface area contributed by atoms with Gasteiger partial charge in [-0.15, -0.1) is 12.4 Å². The van der Waals surface area contributed by atoms with Crippen LogP contribution >= 0.6 is 28.3 Å². The molecule has 0 saturated carbocycles. The van der Waals surface area contributed by atoms with Crippen LogP contribution in [0.2, 0.25) is 0 Å². The Labute approximate surface area is 157 Å². The molecule has 134 valence electrons. The molecule has 2 amide bonds. The highest BCUT2D eigenvalue weighted by atomic mass is 79.9. The number of rotatable bonds is 7. The van der Waals surface area contributed by atoms with E-state index in [-0.39, 0.29) is 30.3 Å². The number of hydrogen-bond acceptors (Lipinski definition) is 3. The Morgan fingerprint density at radius 2 is 2.17 bits per heavy atom. The second kappa shape index (κ2) is 10.0. The Morgan fingerprint density at radius 3 is 2.79 bits per heavy atom. The largest absolute Gasteiger partial charge is 0.351 e. The van der Waals surface area contributed by atoms with Gasteiger partial charge in [-0.3, -0.25) is 9.59 Å². The number of carbonyl (C=O) groups excluding carboxylic acids is 2. The predicted molar refractivity (Wildman–Crippen MR) is 102 cm³/mol. The number of halogens is 2. The molecule has 24 heavy (non-hydrogen) atoms. The number of unbranched alkanes of at least 4 members (excludes halogenated alkanes) is 1. The molecule has 2 unspecified atom stereocenters. The van der Waals surface area contributed by atoms with Crippen molar-refractivity contribution >= 4 is 45.8 Å². The summed E-state index contributed by atoms with van der Waals surface area (Å²) in [5, 5.41) is 2.94. The van der Waals surface area contributed by atoms with Gasteiger partial charge in [0, 0.05) is 23.6 Å². The van der Waals surface area contributed by atoms with E-state index in [4.69, 9.17) is 5.73 Å². The van der Waals surface area contributed by atoms with Gasteiger partial charge in [0.1, 0.15) is 5.92 Å². The molecule has 1 heterocycles. The summed E-state index contributed by atoms with van der Waals surface area (Å²) in [5.41, 5.74) is 6.53. The summed E-state index contributed by atoms with van der Waals surface area (Å²) in [6, 6.07) is 7.51. The summed E-state index contributed by atoms with van der Waals surface area (Å²) < 4.78 is 0.859. The van der Waals surface area contributed by atoms with Crippen LogP contribution in [0, 0.1) is 5.92 Å². The highest BCUT2D eigenvalue weighted by molar-refractivity contribution is 9.10. The number of carbonyl (C=O) groups is 2. The van der Waals surface area contributed by atoms with Crippen LogP contribution in [0.1, 0.15) is 32.6 Å². The average Bonchev–Trinajstić information content (AvgIpc) is 2.93. The van der Waals surface area contributed by atoms with Crippen molar-refractivity contribution in [1.82, 2.24) is 5.32 Å². The van der Waals surface area contributed by atoms with Crippen LogP contribution in [-0.2, 0) is 9.59 Å². The Balaban J connectivity index is 0.00000288. The van der Waals surface area contributed by atoms with Gasteiger partial charge in [0.05, 0.1) is 5.69 Å². The SMILES string of the molecule is CCCCC(CN)NC(=O)C1CCN(c2ccccc2Br)C1=O.Cl. The molecule has 0 radical (unpaired) electrons. The summed E-state index contributed by atoms with van der Waals surface area (Å²) in [6.45, 7) is 3.06. The van der Waals surface area contributed by atoms with E-state index in [2.05, 4.69) is 28.2 Å². The van der Waals surface area contributed by atoms with Crippen molar-refractivity contribution in [2.75, 3.05) is 18.0 Å². The van der Waals surface area contributed by atoms with Crippen LogP contribution in [0.5, 0.6) is 0 Å². The average molecular weight is 419 g/mol. The number of para-hydroxylation sites is 1. The van der Waals surface area contributed by atoms with E-state index in [9.17, 15) is 9.59 Å². The minimum atomic E-state index is -0.613. The Morgan fingerprint density at radius 1 is 1.46 bits per heavy atom. The summed E-state index contributed by atoms with van der Waals surface area (Å²) in [7, 11) is 0. The summed E-state index contributed by atoms with van der Waals surface area (Å²) in [4.78, 5) is 26.7. The fourth-order valence-corrected chi connectivity index (χ4v) is 3.33. The van der Waals surface area contributed by atoms with E-state index in [0.29, 0.717) is 19.5 Å². The van der Waals surface area contributed by atoms with E-state index in [1.807, 2.05) is 24.3 Å². The maximum Gasteiger partial charge on any atom is 0.239 e. The van der Waals surface area contributed by atoms with Gasteiger partial charge in [-0.05, 0) is 40.9 Å². The van der Waals surface area contributed by atoms with Crippen molar-refractivity contribution in [2.24, 2.45) is 11.7 Å². The second-order valence-corrected chi connectivity index (χ2v) is 6.72. The lowest BCUT2D eigenvalue weighted by Crippen LogP contribution is -2.45. The lowest BCUT2D eigenvalue weighted by molar-refractivity contribution is -0.132. The third-order valence-electron chi connectivity index (χ3n) is 4.20. The number of hydrogen-bond donors (Lipinski definition) is 2. The van der Waals surface area contributed by atoms with Crippen molar-refractivity contribution in [1.29, 1.82) is 0 Å². The molecular weight excluding hydrogens is 394 g/mol. The van der Waals surface area contributed by atoms with Crippen molar-refractivity contribution < 1.29 is 9.59 Å². The Bertz CT molecular complexity index is 571. The lowest BCUT2D eigenvalue weighted by Gasteiger charge is -2.20. The van der Waals surface area contributed by atoms with Crippen LogP contribution in [0.3, 0.4) is 0 Å². The first-order chi connectivity index (χ1) is 11.1. The van der Waals surface area contributed by atoms with Crippen molar-refractivity contribution in [2.45, 2.75) is 38.6 Å². The normalized spacial score (nSPS) is 18.2. The van der Waals surface area contributed by atoms with Gasteiger partial charge >= 0.3 is 0 Å². The number of nitrogens with two attached hydrogens (primary N) is 1. The molecule has 1 aliphatic heterocycles. The first-order valence-corrected chi connectivity index (χ1v) is 8.94. The van der Waals surface area contributed by atoms with Crippen LogP contribution in [0.15, 0.2) is 28.7 Å². The third kappa shape index (κ3) is 4.94. The Kier molecular flexibility index (Phi) is 8.73. The molecule has 2 atom stereocenters. The molecule has 1 saturated heterocycles. The van der Waals surface area contributed by atoms with Crippen molar-refractivity contribution in [3.05, 3.63) is 28.7 Å². The quantitative estimate of drug-likeness (QED) is 0.669. The van der Waals surface area contributed by atoms with Gasteiger partial charge < -0.3 is 16.0 Å². The molecular formula is C17H25BrClN3O2. The Hall–Kier alpha value is -1.11. The summed E-state index contributed by atoms with van der Waals surface area (Å²) >= 11 is 3.46. The van der Waals surface area contributed by atoms with Gasteiger partial charge in [-0.1, -0.05) is 31.9 Å². The maximum atomic E-state index is 12.6. The second-order valence-electron chi connectivity index (χ2n) is 5.87. The lowest BCUT2D eigenvalue weighted by atomic mass is 10.1. The van der Waals surface area contributed by atoms with Crippen molar-refractivity contribution in [3.63, 3.8) is 0 Å². The van der Waals surface area contributed by atoms with E-state index in [1.165, 1.54) is 0 Å². The number of anilines is 1. The first kappa shape index (κ1) is 20.9. The molecule has 5 nitrogen and oxygen atoms in total. The predicted octanol–water partition coefficient (Wildman–Crippen LogP) is 2.86. The molecule has 1 aliphatic rings. The smallest absolute Gasteiger partial charge is 0.239 e. The minimum Gasteiger partial charge on any atom is -0.351 e. The van der Waals surface area contributed by atoms with Gasteiger partial charge in [0.25, 0.3) is 0 Å². The molecule has 1 aromatic rings. The molecule has 0 aliphatic carbocycles. The van der Waals surface area contributed by atoms with Crippen LogP contribution < -0.4 is 16.0 Å². The zero-order valence-electron chi connectivity index (χ0n) is 13.8. The number of nitrogens with zero attached hydrogens (tertiary/aromatic N) is 1. The third-order valence-corrected chi connectivity index (χ3v) is 4.87. The standard InChI is InChI=1S/C17H24BrN3O2.ClH/c1-2-3-6-12(11-19)20-16(22)13-9-10-21(17(13)23)15-8-5-4-7-14(15)18;/h4-5,7-8,12-13H,2-3,6,9-11,19H2,1H3,(H,20,22);1H.